The molecule has 1 aliphatic carbocycles. The highest BCUT2D eigenvalue weighted by Gasteiger charge is 2.43. The lowest BCUT2D eigenvalue weighted by Gasteiger charge is -2.42. The van der Waals surface area contributed by atoms with E-state index in [0.29, 0.717) is 18.9 Å². The van der Waals surface area contributed by atoms with Crippen molar-refractivity contribution >= 4 is 6.09 Å². The summed E-state index contributed by atoms with van der Waals surface area (Å²) in [5, 5.41) is 24.6. The second-order valence-corrected chi connectivity index (χ2v) is 10.1. The van der Waals surface area contributed by atoms with Crippen molar-refractivity contribution in [3.8, 4) is 0 Å². The maximum absolute atomic E-state index is 12.1. The molecule has 2 atom stereocenters. The van der Waals surface area contributed by atoms with Crippen molar-refractivity contribution in [3.05, 3.63) is 35.9 Å². The Labute approximate surface area is 176 Å². The average molecular weight is 405 g/mol. The SMILES string of the molecule is CC(C)CCCC1(NC[C@H](O)[C@H](Cc2ccccc2)N(C(=O)O)C(C)(C)C)CC1. The minimum absolute atomic E-state index is 0.142. The Balaban J connectivity index is 2.08. The first-order valence-electron chi connectivity index (χ1n) is 11.0. The lowest BCUT2D eigenvalue weighted by atomic mass is 9.94. The van der Waals surface area contributed by atoms with Gasteiger partial charge in [-0.1, -0.05) is 57.0 Å². The van der Waals surface area contributed by atoms with Crippen LogP contribution in [0.4, 0.5) is 4.79 Å². The van der Waals surface area contributed by atoms with Crippen molar-refractivity contribution in [2.24, 2.45) is 5.92 Å². The molecule has 1 aromatic carbocycles. The number of aliphatic hydroxyl groups excluding tert-OH is 1. The number of nitrogens with zero attached hydrogens (tertiary/aromatic N) is 1. The zero-order valence-electron chi connectivity index (χ0n) is 18.8. The third-order valence-corrected chi connectivity index (χ3v) is 5.97. The topological polar surface area (TPSA) is 72.8 Å². The fourth-order valence-corrected chi connectivity index (χ4v) is 4.15. The summed E-state index contributed by atoms with van der Waals surface area (Å²) < 4.78 is 0. The number of carboxylic acid groups (broad SMARTS) is 1. The Morgan fingerprint density at radius 2 is 1.83 bits per heavy atom. The predicted octanol–water partition coefficient (Wildman–Crippen LogP) is 4.69. The van der Waals surface area contributed by atoms with Crippen LogP contribution in [0.2, 0.25) is 0 Å². The minimum atomic E-state index is -0.990. The number of amides is 1. The summed E-state index contributed by atoms with van der Waals surface area (Å²) in [5.74, 6) is 0.711. The van der Waals surface area contributed by atoms with Crippen molar-refractivity contribution in [3.63, 3.8) is 0 Å². The van der Waals surface area contributed by atoms with Crippen LogP contribution in [-0.4, -0.2) is 51.0 Å². The van der Waals surface area contributed by atoms with E-state index >= 15 is 0 Å². The zero-order chi connectivity index (χ0) is 21.7. The number of nitrogens with one attached hydrogen (secondary N) is 1. The third-order valence-electron chi connectivity index (χ3n) is 5.97. The Morgan fingerprint density at radius 1 is 1.21 bits per heavy atom. The van der Waals surface area contributed by atoms with Crippen LogP contribution in [0.3, 0.4) is 0 Å². The number of hydrogen-bond donors (Lipinski definition) is 3. The summed E-state index contributed by atoms with van der Waals surface area (Å²) in [5.41, 5.74) is 0.578. The number of carbonyl (C=O) groups is 1. The van der Waals surface area contributed by atoms with Crippen LogP contribution in [-0.2, 0) is 6.42 Å². The van der Waals surface area contributed by atoms with Gasteiger partial charge < -0.3 is 15.5 Å². The van der Waals surface area contributed by atoms with Gasteiger partial charge in [-0.05, 0) is 57.9 Å². The van der Waals surface area contributed by atoms with Crippen molar-refractivity contribution in [2.75, 3.05) is 6.54 Å². The first-order valence-corrected chi connectivity index (χ1v) is 11.0. The smallest absolute Gasteiger partial charge is 0.408 e. The van der Waals surface area contributed by atoms with Crippen LogP contribution in [0.15, 0.2) is 30.3 Å². The molecule has 1 amide bonds. The van der Waals surface area contributed by atoms with E-state index in [0.717, 1.165) is 24.8 Å². The molecule has 0 spiro atoms. The van der Waals surface area contributed by atoms with Crippen molar-refractivity contribution in [1.29, 1.82) is 0 Å². The molecule has 3 N–H and O–H groups in total. The van der Waals surface area contributed by atoms with E-state index in [1.165, 1.54) is 17.7 Å². The molecule has 0 radical (unpaired) electrons. The summed E-state index contributed by atoms with van der Waals surface area (Å²) in [6.45, 7) is 10.6. The summed E-state index contributed by atoms with van der Waals surface area (Å²) in [6, 6.07) is 9.33. The molecule has 0 unspecified atom stereocenters. The number of benzene rings is 1. The van der Waals surface area contributed by atoms with Crippen molar-refractivity contribution in [2.45, 2.75) is 96.4 Å². The lowest BCUT2D eigenvalue weighted by Crippen LogP contribution is -2.58. The van der Waals surface area contributed by atoms with Crippen LogP contribution in [0, 0.1) is 5.92 Å². The van der Waals surface area contributed by atoms with Gasteiger partial charge in [-0.3, -0.25) is 4.90 Å². The molecular formula is C24H40N2O3. The monoisotopic (exact) mass is 404 g/mol. The minimum Gasteiger partial charge on any atom is -0.465 e. The highest BCUT2D eigenvalue weighted by Crippen LogP contribution is 2.40. The molecule has 5 heteroatoms. The molecular weight excluding hydrogens is 364 g/mol. The van der Waals surface area contributed by atoms with Crippen LogP contribution in [0.5, 0.6) is 0 Å². The normalized spacial score (nSPS) is 17.8. The molecule has 5 nitrogen and oxygen atoms in total. The van der Waals surface area contributed by atoms with E-state index < -0.39 is 23.8 Å². The predicted molar refractivity (Wildman–Crippen MR) is 118 cm³/mol. The Morgan fingerprint density at radius 3 is 2.31 bits per heavy atom. The molecule has 0 aliphatic heterocycles. The fourth-order valence-electron chi connectivity index (χ4n) is 4.15. The van der Waals surface area contributed by atoms with Crippen molar-refractivity contribution in [1.82, 2.24) is 10.2 Å². The molecule has 0 saturated heterocycles. The summed E-state index contributed by atoms with van der Waals surface area (Å²) in [4.78, 5) is 13.5. The highest BCUT2D eigenvalue weighted by molar-refractivity contribution is 5.66. The number of β-amino-alcohol motifs (C(OH)–C–C–N with tert-alkyl or cyclic N) is 1. The quantitative estimate of drug-likeness (QED) is 0.500. The standard InChI is InChI=1S/C24H40N2O3/c1-18(2)10-9-13-24(14-15-24)25-17-21(27)20(16-19-11-7-6-8-12-19)26(22(28)29)23(3,4)5/h6-8,11-12,18,20-21,25,27H,9-10,13-17H2,1-5H3,(H,28,29)/t20-,21-/m0/s1. The van der Waals surface area contributed by atoms with E-state index in [1.807, 2.05) is 51.1 Å². The number of rotatable bonds is 11. The van der Waals surface area contributed by atoms with Gasteiger partial charge in [0.2, 0.25) is 0 Å². The summed E-state index contributed by atoms with van der Waals surface area (Å²) >= 11 is 0. The van der Waals surface area contributed by atoms with Gasteiger partial charge in [0.15, 0.2) is 0 Å². The van der Waals surface area contributed by atoms with Gasteiger partial charge in [-0.15, -0.1) is 0 Å². The van der Waals surface area contributed by atoms with Crippen LogP contribution < -0.4 is 5.32 Å². The fraction of sp³-hybridized carbons (Fsp3) is 0.708. The Kier molecular flexibility index (Phi) is 8.12. The van der Waals surface area contributed by atoms with Crippen LogP contribution in [0.1, 0.15) is 72.3 Å². The van der Waals surface area contributed by atoms with Gasteiger partial charge in [0.1, 0.15) is 0 Å². The first kappa shape index (κ1) is 23.7. The molecule has 0 bridgehead atoms. The van der Waals surface area contributed by atoms with Gasteiger partial charge >= 0.3 is 6.09 Å². The van der Waals surface area contributed by atoms with Gasteiger partial charge in [0.25, 0.3) is 0 Å². The summed E-state index contributed by atoms with van der Waals surface area (Å²) in [6.07, 6.45) is 4.56. The van der Waals surface area contributed by atoms with Gasteiger partial charge in [-0.2, -0.15) is 0 Å². The van der Waals surface area contributed by atoms with Crippen LogP contribution in [0.25, 0.3) is 0 Å². The zero-order valence-corrected chi connectivity index (χ0v) is 18.8. The Bertz CT molecular complexity index is 635. The van der Waals surface area contributed by atoms with E-state index in [1.54, 1.807) is 0 Å². The number of aliphatic hydroxyl groups is 1. The molecule has 164 valence electrons. The molecule has 1 fully saturated rings. The molecule has 1 aromatic rings. The second kappa shape index (κ2) is 9.94. The first-order chi connectivity index (χ1) is 13.5. The summed E-state index contributed by atoms with van der Waals surface area (Å²) in [7, 11) is 0. The highest BCUT2D eigenvalue weighted by atomic mass is 16.4. The molecule has 29 heavy (non-hydrogen) atoms. The molecule has 0 heterocycles. The maximum atomic E-state index is 12.1. The van der Waals surface area contributed by atoms with E-state index in [2.05, 4.69) is 19.2 Å². The largest absolute Gasteiger partial charge is 0.465 e. The van der Waals surface area contributed by atoms with Gasteiger partial charge in [0, 0.05) is 17.6 Å². The third kappa shape index (κ3) is 7.31. The molecule has 0 aromatic heterocycles. The van der Waals surface area contributed by atoms with E-state index in [9.17, 15) is 15.0 Å². The second-order valence-electron chi connectivity index (χ2n) is 10.1. The molecule has 1 saturated carbocycles. The molecule has 1 aliphatic rings. The lowest BCUT2D eigenvalue weighted by molar-refractivity contribution is 0.00641. The maximum Gasteiger partial charge on any atom is 0.408 e. The molecule has 2 rings (SSSR count). The van der Waals surface area contributed by atoms with Gasteiger partial charge in [-0.25, -0.2) is 4.79 Å². The van der Waals surface area contributed by atoms with Crippen LogP contribution >= 0.6 is 0 Å². The number of hydrogen-bond acceptors (Lipinski definition) is 3. The van der Waals surface area contributed by atoms with E-state index in [-0.39, 0.29) is 5.54 Å². The van der Waals surface area contributed by atoms with Crippen molar-refractivity contribution < 1.29 is 15.0 Å². The average Bonchev–Trinajstić information content (AvgIpc) is 3.38. The van der Waals surface area contributed by atoms with E-state index in [4.69, 9.17) is 0 Å². The Hall–Kier alpha value is -1.59. The van der Waals surface area contributed by atoms with Gasteiger partial charge in [0.05, 0.1) is 12.1 Å².